The fourth-order valence-electron chi connectivity index (χ4n) is 3.57. The van der Waals surface area contributed by atoms with E-state index < -0.39 is 7.37 Å². The molecule has 0 aliphatic carbocycles. The first-order chi connectivity index (χ1) is 13.5. The lowest BCUT2D eigenvalue weighted by Gasteiger charge is -2.35. The molecule has 2 unspecified atom stereocenters. The second kappa shape index (κ2) is 7.62. The molecule has 0 bridgehead atoms. The van der Waals surface area contributed by atoms with Crippen LogP contribution in [0.25, 0.3) is 22.3 Å². The van der Waals surface area contributed by atoms with E-state index in [2.05, 4.69) is 27.0 Å². The van der Waals surface area contributed by atoms with Gasteiger partial charge in [-0.3, -0.25) is 14.6 Å². The Kier molecular flexibility index (Phi) is 5.19. The van der Waals surface area contributed by atoms with E-state index in [-0.39, 0.29) is 6.04 Å². The van der Waals surface area contributed by atoms with E-state index in [0.29, 0.717) is 36.3 Å². The zero-order valence-corrected chi connectivity index (χ0v) is 17.1. The number of H-pyrrole nitrogens is 1. The highest BCUT2D eigenvalue weighted by molar-refractivity contribution is 7.66. The number of fused-ring (bicyclic) bond motifs is 1. The quantitative estimate of drug-likeness (QED) is 0.657. The molecule has 9 heteroatoms. The number of hydrogen-bond donors (Lipinski definition) is 1. The Hall–Kier alpha value is -2.28. The van der Waals surface area contributed by atoms with Crippen LogP contribution in [0, 0.1) is 0 Å². The third-order valence-corrected chi connectivity index (χ3v) is 6.92. The molecule has 1 saturated heterocycles. The molecule has 0 saturated carbocycles. The molecule has 28 heavy (non-hydrogen) atoms. The van der Waals surface area contributed by atoms with Crippen LogP contribution in [0.5, 0.6) is 0 Å². The number of aromatic nitrogens is 4. The number of rotatable bonds is 5. The van der Waals surface area contributed by atoms with E-state index in [1.165, 1.54) is 0 Å². The van der Waals surface area contributed by atoms with Gasteiger partial charge in [0.05, 0.1) is 31.6 Å². The summed E-state index contributed by atoms with van der Waals surface area (Å²) in [4.78, 5) is 11.6. The van der Waals surface area contributed by atoms with Crippen LogP contribution in [0.4, 0.5) is 5.82 Å². The van der Waals surface area contributed by atoms with Crippen LogP contribution in [-0.4, -0.2) is 59.2 Å². The molecule has 148 valence electrons. The zero-order valence-electron chi connectivity index (χ0n) is 16.3. The summed E-state index contributed by atoms with van der Waals surface area (Å²) in [6.45, 7) is 7.97. The maximum absolute atomic E-state index is 13.4. The Morgan fingerprint density at radius 2 is 2.25 bits per heavy atom. The highest BCUT2D eigenvalue weighted by Crippen LogP contribution is 2.44. The predicted octanol–water partition coefficient (Wildman–Crippen LogP) is 2.81. The largest absolute Gasteiger partial charge is 0.377 e. The van der Waals surface area contributed by atoms with Crippen molar-refractivity contribution in [1.29, 1.82) is 0 Å². The predicted molar refractivity (Wildman–Crippen MR) is 110 cm³/mol. The lowest BCUT2D eigenvalue weighted by molar-refractivity contribution is 0.0986. The SMILES string of the molecule is CCOP(C)(=O)c1cc(N2CCOCC2C)nc2c(-c3ccn[nH]3)nccc12. The van der Waals surface area contributed by atoms with Crippen molar-refractivity contribution in [2.45, 2.75) is 19.9 Å². The van der Waals surface area contributed by atoms with Crippen LogP contribution in [0.2, 0.25) is 0 Å². The molecule has 0 amide bonds. The molecule has 1 aliphatic rings. The van der Waals surface area contributed by atoms with Crippen molar-refractivity contribution in [3.05, 3.63) is 30.6 Å². The summed E-state index contributed by atoms with van der Waals surface area (Å²) >= 11 is 0. The summed E-state index contributed by atoms with van der Waals surface area (Å²) in [6.07, 6.45) is 3.38. The summed E-state index contributed by atoms with van der Waals surface area (Å²) in [5.74, 6) is 0.758. The third-order valence-electron chi connectivity index (χ3n) is 4.92. The minimum atomic E-state index is -3.04. The van der Waals surface area contributed by atoms with Crippen molar-refractivity contribution in [3.63, 3.8) is 0 Å². The van der Waals surface area contributed by atoms with Gasteiger partial charge in [-0.1, -0.05) is 0 Å². The van der Waals surface area contributed by atoms with Crippen molar-refractivity contribution in [2.24, 2.45) is 0 Å². The molecule has 0 radical (unpaired) electrons. The summed E-state index contributed by atoms with van der Waals surface area (Å²) in [7, 11) is -3.04. The smallest absolute Gasteiger partial charge is 0.229 e. The minimum Gasteiger partial charge on any atom is -0.377 e. The van der Waals surface area contributed by atoms with Gasteiger partial charge in [-0.2, -0.15) is 5.10 Å². The fourth-order valence-corrected chi connectivity index (χ4v) is 5.17. The number of ether oxygens (including phenoxy) is 1. The molecule has 1 N–H and O–H groups in total. The van der Waals surface area contributed by atoms with E-state index >= 15 is 0 Å². The molecule has 1 fully saturated rings. The molecule has 0 spiro atoms. The van der Waals surface area contributed by atoms with Gasteiger partial charge in [-0.15, -0.1) is 0 Å². The average Bonchev–Trinajstić information content (AvgIpc) is 3.21. The van der Waals surface area contributed by atoms with Gasteiger partial charge in [0.1, 0.15) is 17.0 Å². The van der Waals surface area contributed by atoms with Gasteiger partial charge >= 0.3 is 0 Å². The number of hydrogen-bond acceptors (Lipinski definition) is 7. The van der Waals surface area contributed by atoms with Crippen molar-refractivity contribution in [2.75, 3.05) is 37.9 Å². The first kappa shape index (κ1) is 19.1. The average molecular weight is 401 g/mol. The van der Waals surface area contributed by atoms with Crippen molar-refractivity contribution in [1.82, 2.24) is 20.2 Å². The number of nitrogens with one attached hydrogen (secondary N) is 1. The second-order valence-corrected chi connectivity index (χ2v) is 9.34. The van der Waals surface area contributed by atoms with Crippen LogP contribution >= 0.6 is 7.37 Å². The van der Waals surface area contributed by atoms with Crippen LogP contribution in [0.15, 0.2) is 30.6 Å². The van der Waals surface area contributed by atoms with E-state index in [0.717, 1.165) is 23.4 Å². The van der Waals surface area contributed by atoms with E-state index in [9.17, 15) is 4.57 Å². The van der Waals surface area contributed by atoms with Gasteiger partial charge < -0.3 is 14.2 Å². The van der Waals surface area contributed by atoms with Gasteiger partial charge in [0.2, 0.25) is 7.37 Å². The summed E-state index contributed by atoms with van der Waals surface area (Å²) < 4.78 is 24.6. The first-order valence-electron chi connectivity index (χ1n) is 9.37. The van der Waals surface area contributed by atoms with Crippen LogP contribution in [0.1, 0.15) is 13.8 Å². The first-order valence-corrected chi connectivity index (χ1v) is 11.4. The molecule has 8 nitrogen and oxygen atoms in total. The molecular formula is C19H24N5O3P. The molecule has 1 aliphatic heterocycles. The maximum Gasteiger partial charge on any atom is 0.229 e. The van der Waals surface area contributed by atoms with Crippen molar-refractivity contribution in [3.8, 4) is 11.4 Å². The normalized spacial score (nSPS) is 19.7. The summed E-state index contributed by atoms with van der Waals surface area (Å²) in [5, 5.41) is 8.43. The topological polar surface area (TPSA) is 93.2 Å². The molecule has 4 rings (SSSR count). The molecule has 2 atom stereocenters. The minimum absolute atomic E-state index is 0.169. The third kappa shape index (κ3) is 3.43. The molecule has 3 aromatic heterocycles. The Balaban J connectivity index is 1.98. The van der Waals surface area contributed by atoms with E-state index in [1.54, 1.807) is 19.1 Å². The highest BCUT2D eigenvalue weighted by atomic mass is 31.2. The maximum atomic E-state index is 13.4. The number of morpholine rings is 1. The number of aromatic amines is 1. The van der Waals surface area contributed by atoms with Crippen molar-refractivity contribution < 1.29 is 13.8 Å². The lowest BCUT2D eigenvalue weighted by Crippen LogP contribution is -2.44. The Labute approximate surface area is 163 Å². The Bertz CT molecular complexity index is 1020. The molecular weight excluding hydrogens is 377 g/mol. The highest BCUT2D eigenvalue weighted by Gasteiger charge is 2.28. The number of nitrogens with zero attached hydrogens (tertiary/aromatic N) is 4. The molecule has 0 aromatic carbocycles. The van der Waals surface area contributed by atoms with Gasteiger partial charge in [0.25, 0.3) is 0 Å². The Morgan fingerprint density at radius 3 is 2.96 bits per heavy atom. The zero-order chi connectivity index (χ0) is 19.7. The molecule has 3 aromatic rings. The Morgan fingerprint density at radius 1 is 1.39 bits per heavy atom. The second-order valence-electron chi connectivity index (χ2n) is 6.91. The van der Waals surface area contributed by atoms with Gasteiger partial charge in [-0.05, 0) is 32.0 Å². The standard InChI is InChI=1S/C19H24N5O3P/c1-4-27-28(3,25)16-11-17(24-9-10-26-12-13(24)2)22-18-14(16)5-7-20-19(18)15-6-8-21-23-15/h5-8,11,13H,4,9-10,12H2,1-3H3,(H,21,23). The van der Waals surface area contributed by atoms with Crippen molar-refractivity contribution >= 4 is 29.4 Å². The van der Waals surface area contributed by atoms with Crippen LogP contribution in [-0.2, 0) is 13.8 Å². The monoisotopic (exact) mass is 401 g/mol. The van der Waals surface area contributed by atoms with Crippen LogP contribution in [0.3, 0.4) is 0 Å². The van der Waals surface area contributed by atoms with Gasteiger partial charge in [0, 0.05) is 36.3 Å². The fraction of sp³-hybridized carbons (Fsp3) is 0.421. The van der Waals surface area contributed by atoms with Gasteiger partial charge in [0.15, 0.2) is 0 Å². The number of anilines is 1. The summed E-state index contributed by atoms with van der Waals surface area (Å²) in [5.41, 5.74) is 2.12. The van der Waals surface area contributed by atoms with E-state index in [1.807, 2.05) is 25.1 Å². The number of pyridine rings is 2. The van der Waals surface area contributed by atoms with E-state index in [4.69, 9.17) is 14.2 Å². The van der Waals surface area contributed by atoms with Crippen LogP contribution < -0.4 is 10.2 Å². The molecule has 4 heterocycles. The lowest BCUT2D eigenvalue weighted by atomic mass is 10.1. The van der Waals surface area contributed by atoms with Gasteiger partial charge in [-0.25, -0.2) is 4.98 Å². The summed E-state index contributed by atoms with van der Waals surface area (Å²) in [6, 6.07) is 5.76.